The first-order valence-electron chi connectivity index (χ1n) is 6.75. The number of ether oxygens (including phenoxy) is 1. The van der Waals surface area contributed by atoms with Gasteiger partial charge < -0.3 is 9.84 Å². The molecule has 0 saturated heterocycles. The van der Waals surface area contributed by atoms with Gasteiger partial charge in [-0.3, -0.25) is 0 Å². The van der Waals surface area contributed by atoms with Crippen LogP contribution >= 0.6 is 11.6 Å². The van der Waals surface area contributed by atoms with Crippen LogP contribution in [0.1, 0.15) is 39.2 Å². The van der Waals surface area contributed by atoms with E-state index in [-0.39, 0.29) is 11.4 Å². The molecule has 0 aliphatic rings. The Bertz CT molecular complexity index is 405. The number of benzene rings is 1. The van der Waals surface area contributed by atoms with Crippen molar-refractivity contribution < 1.29 is 14.2 Å². The molecule has 1 aromatic rings. The number of hydrogen-bond donors (Lipinski definition) is 1. The summed E-state index contributed by atoms with van der Waals surface area (Å²) in [6.45, 7) is 6.36. The van der Waals surface area contributed by atoms with E-state index in [2.05, 4.69) is 0 Å². The lowest BCUT2D eigenvalue weighted by atomic mass is 9.86. The molecule has 0 bridgehead atoms. The van der Waals surface area contributed by atoms with Crippen molar-refractivity contribution in [1.29, 1.82) is 0 Å². The van der Waals surface area contributed by atoms with Gasteiger partial charge in [0.05, 0.1) is 16.7 Å². The van der Waals surface area contributed by atoms with Gasteiger partial charge in [0.1, 0.15) is 5.82 Å². The summed E-state index contributed by atoms with van der Waals surface area (Å²) >= 11 is 5.75. The van der Waals surface area contributed by atoms with Crippen molar-refractivity contribution >= 4 is 11.6 Å². The Morgan fingerprint density at radius 2 is 1.95 bits per heavy atom. The van der Waals surface area contributed by atoms with Gasteiger partial charge in [-0.15, -0.1) is 0 Å². The number of aliphatic hydroxyl groups is 1. The van der Waals surface area contributed by atoms with Crippen LogP contribution in [0.4, 0.5) is 4.39 Å². The average molecular weight is 289 g/mol. The van der Waals surface area contributed by atoms with Crippen molar-refractivity contribution in [1.82, 2.24) is 0 Å². The van der Waals surface area contributed by atoms with Gasteiger partial charge in [0.25, 0.3) is 0 Å². The molecule has 0 amide bonds. The van der Waals surface area contributed by atoms with Crippen LogP contribution in [0.25, 0.3) is 0 Å². The molecule has 0 heterocycles. The Kier molecular flexibility index (Phi) is 6.24. The molecule has 0 aliphatic carbocycles. The van der Waals surface area contributed by atoms with Crippen LogP contribution in [-0.4, -0.2) is 23.4 Å². The first kappa shape index (κ1) is 16.4. The van der Waals surface area contributed by atoms with Crippen LogP contribution in [0.2, 0.25) is 5.02 Å². The Hall–Kier alpha value is -0.640. The van der Waals surface area contributed by atoms with Gasteiger partial charge in [0, 0.05) is 13.0 Å². The number of rotatable bonds is 7. The summed E-state index contributed by atoms with van der Waals surface area (Å²) in [6.07, 6.45) is 0.811. The number of hydrogen-bond acceptors (Lipinski definition) is 2. The van der Waals surface area contributed by atoms with Crippen molar-refractivity contribution in [2.75, 3.05) is 6.61 Å². The molecule has 0 spiro atoms. The molecule has 1 unspecified atom stereocenters. The molecule has 1 rings (SSSR count). The van der Waals surface area contributed by atoms with Gasteiger partial charge in [-0.25, -0.2) is 4.39 Å². The molecule has 0 radical (unpaired) electrons. The Morgan fingerprint density at radius 1 is 1.32 bits per heavy atom. The molecule has 0 saturated carbocycles. The van der Waals surface area contributed by atoms with E-state index < -0.39 is 17.5 Å². The van der Waals surface area contributed by atoms with E-state index in [0.717, 1.165) is 0 Å². The highest BCUT2D eigenvalue weighted by Gasteiger charge is 2.35. The van der Waals surface area contributed by atoms with E-state index in [1.54, 1.807) is 12.1 Å². The van der Waals surface area contributed by atoms with E-state index in [4.69, 9.17) is 16.3 Å². The van der Waals surface area contributed by atoms with Crippen LogP contribution < -0.4 is 0 Å². The van der Waals surface area contributed by atoms with E-state index in [0.29, 0.717) is 25.0 Å². The minimum Gasteiger partial charge on any atom is -0.390 e. The summed E-state index contributed by atoms with van der Waals surface area (Å²) in [7, 11) is 0. The van der Waals surface area contributed by atoms with Crippen molar-refractivity contribution in [2.45, 2.75) is 51.7 Å². The molecular formula is C15H22ClFO2. The van der Waals surface area contributed by atoms with Crippen LogP contribution in [0.15, 0.2) is 18.2 Å². The Morgan fingerprint density at radius 3 is 2.47 bits per heavy atom. The van der Waals surface area contributed by atoms with Crippen molar-refractivity contribution in [3.05, 3.63) is 34.6 Å². The van der Waals surface area contributed by atoms with Crippen molar-refractivity contribution in [3.8, 4) is 0 Å². The first-order valence-corrected chi connectivity index (χ1v) is 7.13. The molecule has 108 valence electrons. The predicted octanol–water partition coefficient (Wildman–Crippen LogP) is 3.98. The largest absolute Gasteiger partial charge is 0.390 e. The Labute approximate surface area is 119 Å². The first-order chi connectivity index (χ1) is 9.00. The monoisotopic (exact) mass is 288 g/mol. The van der Waals surface area contributed by atoms with Gasteiger partial charge in [0.2, 0.25) is 0 Å². The fourth-order valence-electron chi connectivity index (χ4n) is 2.41. The van der Waals surface area contributed by atoms with Crippen LogP contribution in [0, 0.1) is 5.82 Å². The van der Waals surface area contributed by atoms with E-state index in [9.17, 15) is 9.50 Å². The van der Waals surface area contributed by atoms with Gasteiger partial charge in [-0.2, -0.15) is 0 Å². The number of aliphatic hydroxyl groups excluding tert-OH is 1. The minimum atomic E-state index is -0.754. The average Bonchev–Trinajstić information content (AvgIpc) is 2.41. The van der Waals surface area contributed by atoms with Crippen LogP contribution in [0.5, 0.6) is 0 Å². The van der Waals surface area contributed by atoms with Gasteiger partial charge in [-0.1, -0.05) is 37.6 Å². The summed E-state index contributed by atoms with van der Waals surface area (Å²) in [5, 5.41) is 10.5. The third kappa shape index (κ3) is 3.68. The van der Waals surface area contributed by atoms with Gasteiger partial charge >= 0.3 is 0 Å². The highest BCUT2D eigenvalue weighted by atomic mass is 35.5. The summed E-state index contributed by atoms with van der Waals surface area (Å²) in [5.41, 5.74) is -0.199. The smallest absolute Gasteiger partial charge is 0.145 e. The third-order valence-corrected chi connectivity index (χ3v) is 3.97. The quantitative estimate of drug-likeness (QED) is 0.822. The van der Waals surface area contributed by atoms with Crippen LogP contribution in [-0.2, 0) is 11.2 Å². The lowest BCUT2D eigenvalue weighted by Gasteiger charge is -2.36. The summed E-state index contributed by atoms with van der Waals surface area (Å²) in [6, 6.07) is 4.84. The molecule has 19 heavy (non-hydrogen) atoms. The zero-order valence-electron chi connectivity index (χ0n) is 11.7. The predicted molar refractivity (Wildman–Crippen MR) is 76.1 cm³/mol. The van der Waals surface area contributed by atoms with E-state index in [1.807, 2.05) is 20.8 Å². The van der Waals surface area contributed by atoms with E-state index in [1.165, 1.54) is 6.07 Å². The molecule has 1 N–H and O–H groups in total. The fraction of sp³-hybridized carbons (Fsp3) is 0.600. The Balaban J connectivity index is 2.93. The maximum Gasteiger partial charge on any atom is 0.145 e. The third-order valence-electron chi connectivity index (χ3n) is 3.68. The standard InChI is InChI=1S/C15H22ClFO2/c1-4-15(5-2,19-6-3)13(18)10-11-8-7-9-12(16)14(11)17/h7-9,13,18H,4-6,10H2,1-3H3. The topological polar surface area (TPSA) is 29.5 Å². The maximum absolute atomic E-state index is 13.9. The van der Waals surface area contributed by atoms with Crippen molar-refractivity contribution in [3.63, 3.8) is 0 Å². The van der Waals surface area contributed by atoms with Crippen molar-refractivity contribution in [2.24, 2.45) is 0 Å². The molecule has 4 heteroatoms. The molecule has 1 aromatic carbocycles. The molecular weight excluding hydrogens is 267 g/mol. The minimum absolute atomic E-state index is 0.0831. The lowest BCUT2D eigenvalue weighted by molar-refractivity contribution is -0.124. The normalized spacial score (nSPS) is 13.6. The SMILES string of the molecule is CCOC(CC)(CC)C(O)Cc1cccc(Cl)c1F. The van der Waals surface area contributed by atoms with E-state index >= 15 is 0 Å². The zero-order chi connectivity index (χ0) is 14.5. The van der Waals surface area contributed by atoms with Crippen LogP contribution in [0.3, 0.4) is 0 Å². The second-order valence-electron chi connectivity index (χ2n) is 4.64. The fourth-order valence-corrected chi connectivity index (χ4v) is 2.60. The summed E-state index contributed by atoms with van der Waals surface area (Å²) < 4.78 is 19.6. The molecule has 2 nitrogen and oxygen atoms in total. The maximum atomic E-state index is 13.9. The molecule has 0 fully saturated rings. The molecule has 0 aromatic heterocycles. The second kappa shape index (κ2) is 7.22. The molecule has 0 aliphatic heterocycles. The zero-order valence-corrected chi connectivity index (χ0v) is 12.5. The van der Waals surface area contributed by atoms with Gasteiger partial charge in [0.15, 0.2) is 0 Å². The lowest BCUT2D eigenvalue weighted by Crippen LogP contribution is -2.45. The summed E-state index contributed by atoms with van der Waals surface area (Å²) in [5.74, 6) is -0.458. The number of halogens is 2. The van der Waals surface area contributed by atoms with Gasteiger partial charge in [-0.05, 0) is 31.4 Å². The second-order valence-corrected chi connectivity index (χ2v) is 5.04. The highest BCUT2D eigenvalue weighted by Crippen LogP contribution is 2.29. The molecule has 1 atom stereocenters. The summed E-state index contributed by atoms with van der Waals surface area (Å²) in [4.78, 5) is 0. The highest BCUT2D eigenvalue weighted by molar-refractivity contribution is 6.30.